The number of nitrogens with one attached hydrogen (secondary N) is 1. The van der Waals surface area contributed by atoms with E-state index in [1.807, 2.05) is 16.4 Å². The molecule has 7 heteroatoms. The molecule has 0 saturated carbocycles. The van der Waals surface area contributed by atoms with Crippen LogP contribution in [-0.2, 0) is 19.6 Å². The highest BCUT2D eigenvalue weighted by molar-refractivity contribution is 7.09. The van der Waals surface area contributed by atoms with E-state index in [1.54, 1.807) is 11.3 Å². The molecule has 0 amide bonds. The van der Waals surface area contributed by atoms with Crippen LogP contribution in [0.2, 0.25) is 0 Å². The van der Waals surface area contributed by atoms with Gasteiger partial charge in [0.15, 0.2) is 0 Å². The van der Waals surface area contributed by atoms with Crippen molar-refractivity contribution in [2.75, 3.05) is 20.1 Å². The lowest BCUT2D eigenvalue weighted by molar-refractivity contribution is 0.305. The summed E-state index contributed by atoms with van der Waals surface area (Å²) in [6.07, 6.45) is 3.16. The van der Waals surface area contributed by atoms with E-state index in [4.69, 9.17) is 0 Å². The van der Waals surface area contributed by atoms with Gasteiger partial charge in [0.1, 0.15) is 0 Å². The van der Waals surface area contributed by atoms with E-state index >= 15 is 0 Å². The summed E-state index contributed by atoms with van der Waals surface area (Å²) in [6.45, 7) is 8.78. The molecule has 0 aromatic carbocycles. The summed E-state index contributed by atoms with van der Waals surface area (Å²) in [5, 5.41) is 11.7. The zero-order chi connectivity index (χ0) is 15.1. The van der Waals surface area contributed by atoms with Crippen molar-refractivity contribution in [3.8, 4) is 0 Å². The zero-order valence-electron chi connectivity index (χ0n) is 13.0. The van der Waals surface area contributed by atoms with Crippen LogP contribution in [0.5, 0.6) is 0 Å². The van der Waals surface area contributed by atoms with E-state index in [-0.39, 0.29) is 0 Å². The third-order valence-electron chi connectivity index (χ3n) is 3.29. The Morgan fingerprint density at radius 1 is 1.43 bits per heavy atom. The smallest absolute Gasteiger partial charge is 0.0964 e. The Balaban J connectivity index is 1.73. The molecule has 0 spiro atoms. The number of rotatable bonds is 9. The summed E-state index contributed by atoms with van der Waals surface area (Å²) in [4.78, 5) is 7.91. The van der Waals surface area contributed by atoms with Crippen LogP contribution in [0.1, 0.15) is 29.6 Å². The van der Waals surface area contributed by atoms with E-state index in [9.17, 15) is 0 Å². The number of hydrogen-bond acceptors (Lipinski definition) is 6. The fourth-order valence-corrected chi connectivity index (χ4v) is 2.85. The number of nitrogens with zero attached hydrogens (tertiary/aromatic N) is 5. The van der Waals surface area contributed by atoms with E-state index < -0.39 is 0 Å². The van der Waals surface area contributed by atoms with Crippen LogP contribution in [-0.4, -0.2) is 45.0 Å². The Hall–Kier alpha value is -1.31. The molecule has 0 fully saturated rings. The second-order valence-corrected chi connectivity index (χ2v) is 6.19. The topological polar surface area (TPSA) is 58.9 Å². The fourth-order valence-electron chi connectivity index (χ4n) is 2.00. The van der Waals surface area contributed by atoms with Gasteiger partial charge in [0.05, 0.1) is 23.4 Å². The summed E-state index contributed by atoms with van der Waals surface area (Å²) in [5.74, 6) is 0. The number of aryl methyl sites for hydroxylation is 1. The second-order valence-electron chi connectivity index (χ2n) is 5.25. The van der Waals surface area contributed by atoms with Gasteiger partial charge in [-0.1, -0.05) is 12.1 Å². The number of aromatic nitrogens is 4. The largest absolute Gasteiger partial charge is 0.311 e. The Morgan fingerprint density at radius 2 is 2.29 bits per heavy atom. The van der Waals surface area contributed by atoms with Crippen molar-refractivity contribution in [2.24, 2.45) is 0 Å². The molecule has 0 radical (unpaired) electrons. The van der Waals surface area contributed by atoms with Crippen molar-refractivity contribution in [1.82, 2.24) is 30.2 Å². The summed E-state index contributed by atoms with van der Waals surface area (Å²) in [7, 11) is 2.12. The maximum Gasteiger partial charge on any atom is 0.0964 e. The Morgan fingerprint density at radius 3 is 3.00 bits per heavy atom. The van der Waals surface area contributed by atoms with Crippen molar-refractivity contribution in [3.63, 3.8) is 0 Å². The molecule has 116 valence electrons. The molecule has 0 saturated heterocycles. The molecule has 0 aliphatic rings. The van der Waals surface area contributed by atoms with Crippen LogP contribution in [0.3, 0.4) is 0 Å². The van der Waals surface area contributed by atoms with Gasteiger partial charge in [0, 0.05) is 30.7 Å². The highest BCUT2D eigenvalue weighted by atomic mass is 32.1. The van der Waals surface area contributed by atoms with Gasteiger partial charge in [-0.25, -0.2) is 4.98 Å². The standard InChI is InChI=1S/C14H24N6S/c1-4-5-15-8-13-9-20(18-17-13)7-6-19(3)10-14-12(2)16-11-21-14/h9,11,15H,4-8,10H2,1-3H3. The lowest BCUT2D eigenvalue weighted by atomic mass is 10.3. The van der Waals surface area contributed by atoms with Crippen molar-refractivity contribution in [2.45, 2.75) is 39.9 Å². The second kappa shape index (κ2) is 8.21. The average molecular weight is 308 g/mol. The van der Waals surface area contributed by atoms with Crippen LogP contribution < -0.4 is 5.32 Å². The predicted octanol–water partition coefficient (Wildman–Crippen LogP) is 1.67. The summed E-state index contributed by atoms with van der Waals surface area (Å²) in [5.41, 5.74) is 4.05. The van der Waals surface area contributed by atoms with Gasteiger partial charge in [0.2, 0.25) is 0 Å². The quantitative estimate of drug-likeness (QED) is 0.714. The van der Waals surface area contributed by atoms with Crippen molar-refractivity contribution in [3.05, 3.63) is 28.0 Å². The molecule has 0 unspecified atom stereocenters. The SMILES string of the molecule is CCCNCc1cn(CCN(C)Cc2scnc2C)nn1. The van der Waals surface area contributed by atoms with E-state index in [0.29, 0.717) is 0 Å². The van der Waals surface area contributed by atoms with Crippen molar-refractivity contribution < 1.29 is 0 Å². The van der Waals surface area contributed by atoms with Gasteiger partial charge >= 0.3 is 0 Å². The molecule has 0 aliphatic carbocycles. The van der Waals surface area contributed by atoms with E-state index in [1.165, 1.54) is 4.88 Å². The monoisotopic (exact) mass is 308 g/mol. The summed E-state index contributed by atoms with van der Waals surface area (Å²) < 4.78 is 1.92. The molecule has 21 heavy (non-hydrogen) atoms. The first kappa shape index (κ1) is 16.1. The molecule has 2 aromatic rings. The third kappa shape index (κ3) is 5.18. The van der Waals surface area contributed by atoms with E-state index in [0.717, 1.165) is 50.5 Å². The molecule has 2 rings (SSSR count). The van der Waals surface area contributed by atoms with Crippen LogP contribution in [0.4, 0.5) is 0 Å². The van der Waals surface area contributed by atoms with Crippen molar-refractivity contribution in [1.29, 1.82) is 0 Å². The maximum atomic E-state index is 4.28. The van der Waals surface area contributed by atoms with Crippen molar-refractivity contribution >= 4 is 11.3 Å². The molecule has 2 heterocycles. The fraction of sp³-hybridized carbons (Fsp3) is 0.643. The molecule has 0 aliphatic heterocycles. The molecular weight excluding hydrogens is 284 g/mol. The Bertz CT molecular complexity index is 535. The average Bonchev–Trinajstić information content (AvgIpc) is 3.07. The molecule has 2 aromatic heterocycles. The Kier molecular flexibility index (Phi) is 6.28. The number of hydrogen-bond donors (Lipinski definition) is 1. The van der Waals surface area contributed by atoms with Gasteiger partial charge in [0.25, 0.3) is 0 Å². The van der Waals surface area contributed by atoms with Crippen LogP contribution in [0, 0.1) is 6.92 Å². The number of thiazole rings is 1. The molecule has 1 N–H and O–H groups in total. The Labute approximate surface area is 130 Å². The van der Waals surface area contributed by atoms with Crippen LogP contribution in [0.15, 0.2) is 11.7 Å². The van der Waals surface area contributed by atoms with Gasteiger partial charge in [-0.15, -0.1) is 16.4 Å². The lowest BCUT2D eigenvalue weighted by Crippen LogP contribution is -2.23. The van der Waals surface area contributed by atoms with Crippen LogP contribution >= 0.6 is 11.3 Å². The van der Waals surface area contributed by atoms with E-state index in [2.05, 4.69) is 46.4 Å². The minimum atomic E-state index is 0.795. The molecule has 6 nitrogen and oxygen atoms in total. The first-order chi connectivity index (χ1) is 10.2. The highest BCUT2D eigenvalue weighted by Gasteiger charge is 2.06. The summed E-state index contributed by atoms with van der Waals surface area (Å²) in [6, 6.07) is 0. The third-order valence-corrected chi connectivity index (χ3v) is 4.21. The minimum absolute atomic E-state index is 0.795. The van der Waals surface area contributed by atoms with Gasteiger partial charge in [-0.05, 0) is 26.9 Å². The highest BCUT2D eigenvalue weighted by Crippen LogP contribution is 2.13. The number of likely N-dealkylation sites (N-methyl/N-ethyl adjacent to an activating group) is 1. The molecular formula is C14H24N6S. The minimum Gasteiger partial charge on any atom is -0.311 e. The van der Waals surface area contributed by atoms with Gasteiger partial charge in [-0.3, -0.25) is 9.58 Å². The molecule has 0 bridgehead atoms. The maximum absolute atomic E-state index is 4.28. The van der Waals surface area contributed by atoms with Gasteiger partial charge < -0.3 is 5.32 Å². The van der Waals surface area contributed by atoms with Gasteiger partial charge in [-0.2, -0.15) is 0 Å². The lowest BCUT2D eigenvalue weighted by Gasteiger charge is -2.15. The zero-order valence-corrected chi connectivity index (χ0v) is 13.9. The predicted molar refractivity (Wildman–Crippen MR) is 85.2 cm³/mol. The first-order valence-corrected chi connectivity index (χ1v) is 8.24. The summed E-state index contributed by atoms with van der Waals surface area (Å²) >= 11 is 1.72. The normalized spacial score (nSPS) is 11.4. The first-order valence-electron chi connectivity index (χ1n) is 7.36. The van der Waals surface area contributed by atoms with Crippen LogP contribution in [0.25, 0.3) is 0 Å². The molecule has 0 atom stereocenters.